The van der Waals surface area contributed by atoms with Crippen LogP contribution in [-0.4, -0.2) is 111 Å². The van der Waals surface area contributed by atoms with Crippen molar-refractivity contribution in [3.05, 3.63) is 124 Å². The topological polar surface area (TPSA) is 157 Å². The van der Waals surface area contributed by atoms with Gasteiger partial charge in [-0.15, -0.1) is 0 Å². The van der Waals surface area contributed by atoms with Crippen molar-refractivity contribution in [1.82, 2.24) is 19.6 Å². The Labute approximate surface area is 340 Å². The number of carbonyl (C=O) groups is 4. The number of benzene rings is 4. The molecule has 58 heavy (non-hydrogen) atoms. The monoisotopic (exact) mass is 805 g/mol. The van der Waals surface area contributed by atoms with Gasteiger partial charge in [0.2, 0.25) is 10.0 Å². The number of piperazine rings is 2. The molecule has 0 aromatic heterocycles. The Hall–Kier alpha value is -5.57. The average Bonchev–Trinajstić information content (AvgIpc) is 4.03. The summed E-state index contributed by atoms with van der Waals surface area (Å²) in [7, 11) is -3.73. The summed E-state index contributed by atoms with van der Waals surface area (Å²) in [5, 5.41) is 7.87. The van der Waals surface area contributed by atoms with E-state index in [1.807, 2.05) is 60.4 Å². The lowest BCUT2D eigenvalue weighted by Crippen LogP contribution is -2.49. The van der Waals surface area contributed by atoms with Gasteiger partial charge in [0, 0.05) is 82.4 Å². The Kier molecular flexibility index (Phi) is 12.3. The summed E-state index contributed by atoms with van der Waals surface area (Å²) < 4.78 is 22.5. The molecule has 3 aliphatic heterocycles. The molecule has 0 unspecified atom stereocenters. The number of hydrogen-bond acceptors (Lipinski definition) is 8. The van der Waals surface area contributed by atoms with Gasteiger partial charge in [0.1, 0.15) is 0 Å². The van der Waals surface area contributed by atoms with E-state index < -0.39 is 10.0 Å². The van der Waals surface area contributed by atoms with Crippen LogP contribution in [0, 0.1) is 19.8 Å². The SMILES string of the molecule is Cc1ccccc1C(=O)N1CCN(c2ccc3c(c2)C(=O)N(CCC2CC2)C3=O)CC1.Cc1ccccc1CN1CCN(C(=O)Nc2ccc(S(N)(=O)=O)cc2)CC1. The van der Waals surface area contributed by atoms with E-state index in [4.69, 9.17) is 5.14 Å². The molecule has 3 heterocycles. The summed E-state index contributed by atoms with van der Waals surface area (Å²) >= 11 is 0. The predicted octanol–water partition coefficient (Wildman–Crippen LogP) is 5.35. The minimum absolute atomic E-state index is 0.0188. The molecule has 3 N–H and O–H groups in total. The maximum atomic E-state index is 12.9. The molecular weight excluding hydrogens is 755 g/mol. The smallest absolute Gasteiger partial charge is 0.321 e. The van der Waals surface area contributed by atoms with E-state index in [9.17, 15) is 27.6 Å². The fraction of sp³-hybridized carbons (Fsp3) is 0.364. The highest BCUT2D eigenvalue weighted by molar-refractivity contribution is 7.89. The zero-order chi connectivity index (χ0) is 41.0. The van der Waals surface area contributed by atoms with Crippen LogP contribution >= 0.6 is 0 Å². The maximum Gasteiger partial charge on any atom is 0.321 e. The molecule has 1 aliphatic carbocycles. The van der Waals surface area contributed by atoms with Crippen LogP contribution in [0.1, 0.15) is 67.0 Å². The van der Waals surface area contributed by atoms with Crippen LogP contribution < -0.4 is 15.4 Å². The number of primary sulfonamides is 1. The molecule has 2 saturated heterocycles. The van der Waals surface area contributed by atoms with Crippen LogP contribution in [0.5, 0.6) is 0 Å². The van der Waals surface area contributed by atoms with Gasteiger partial charge in [-0.3, -0.25) is 24.2 Å². The Morgan fingerprint density at radius 3 is 1.98 bits per heavy atom. The molecule has 0 atom stereocenters. The molecule has 0 radical (unpaired) electrons. The Balaban J connectivity index is 0.000000179. The molecule has 1 saturated carbocycles. The van der Waals surface area contributed by atoms with Crippen LogP contribution in [0.2, 0.25) is 0 Å². The predicted molar refractivity (Wildman–Crippen MR) is 223 cm³/mol. The van der Waals surface area contributed by atoms with Gasteiger partial charge < -0.3 is 20.0 Å². The van der Waals surface area contributed by atoms with Crippen LogP contribution in [0.4, 0.5) is 16.2 Å². The fourth-order valence-corrected chi connectivity index (χ4v) is 8.13. The molecule has 4 aromatic rings. The lowest BCUT2D eigenvalue weighted by Gasteiger charge is -2.36. The summed E-state index contributed by atoms with van der Waals surface area (Å²) in [4.78, 5) is 60.4. The molecule has 13 nitrogen and oxygen atoms in total. The normalized spacial score (nSPS) is 17.2. The highest BCUT2D eigenvalue weighted by Gasteiger charge is 2.37. The van der Waals surface area contributed by atoms with E-state index in [1.165, 1.54) is 53.1 Å². The van der Waals surface area contributed by atoms with Gasteiger partial charge in [-0.05, 0) is 91.4 Å². The van der Waals surface area contributed by atoms with Gasteiger partial charge in [0.05, 0.1) is 16.0 Å². The van der Waals surface area contributed by atoms with Crippen molar-refractivity contribution in [2.45, 2.75) is 44.6 Å². The van der Waals surface area contributed by atoms with Crippen molar-refractivity contribution in [2.75, 3.05) is 69.1 Å². The first-order chi connectivity index (χ1) is 27.9. The quantitative estimate of drug-likeness (QED) is 0.215. The standard InChI is InChI=1S/C25H27N3O3.C19H24N4O3S/c1-17-4-2-3-5-20(17)23(29)27-14-12-26(13-15-27)19-8-9-21-22(16-19)25(31)28(24(21)30)11-10-18-6-7-18;1-15-4-2-3-5-16(15)14-22-10-12-23(13-11-22)19(24)21-17-6-8-18(9-7-17)27(20,25)26/h2-5,8-9,16,18H,6-7,10-15H2,1H3;2-9H,10-14H2,1H3,(H,21,24)(H2,20,25,26). The number of amides is 5. The fourth-order valence-electron chi connectivity index (χ4n) is 7.62. The number of imide groups is 1. The minimum Gasteiger partial charge on any atom is -0.368 e. The van der Waals surface area contributed by atoms with E-state index in [2.05, 4.69) is 34.2 Å². The number of nitrogens with zero attached hydrogens (tertiary/aromatic N) is 5. The van der Waals surface area contributed by atoms with Crippen molar-refractivity contribution in [3.8, 4) is 0 Å². The Morgan fingerprint density at radius 1 is 0.724 bits per heavy atom. The van der Waals surface area contributed by atoms with Crippen molar-refractivity contribution in [2.24, 2.45) is 11.1 Å². The van der Waals surface area contributed by atoms with Crippen molar-refractivity contribution < 1.29 is 27.6 Å². The number of nitrogens with one attached hydrogen (secondary N) is 1. The number of rotatable bonds is 9. The highest BCUT2D eigenvalue weighted by atomic mass is 32.2. The van der Waals surface area contributed by atoms with E-state index in [0.717, 1.165) is 42.9 Å². The maximum absolute atomic E-state index is 12.9. The molecule has 4 aromatic carbocycles. The number of hydrogen-bond donors (Lipinski definition) is 2. The zero-order valence-corrected chi connectivity index (χ0v) is 33.9. The summed E-state index contributed by atoms with van der Waals surface area (Å²) in [6.07, 6.45) is 3.34. The molecule has 3 fully saturated rings. The molecule has 5 amide bonds. The molecule has 304 valence electrons. The molecule has 14 heteroatoms. The number of anilines is 2. The van der Waals surface area contributed by atoms with Crippen LogP contribution in [0.25, 0.3) is 0 Å². The summed E-state index contributed by atoms with van der Waals surface area (Å²) in [6.45, 7) is 11.0. The van der Waals surface area contributed by atoms with E-state index in [0.29, 0.717) is 68.5 Å². The van der Waals surface area contributed by atoms with Crippen molar-refractivity contribution in [3.63, 3.8) is 0 Å². The van der Waals surface area contributed by atoms with Gasteiger partial charge in [-0.25, -0.2) is 18.4 Å². The second kappa shape index (κ2) is 17.5. The van der Waals surface area contributed by atoms with E-state index in [1.54, 1.807) is 11.0 Å². The Morgan fingerprint density at radius 2 is 1.34 bits per heavy atom. The van der Waals surface area contributed by atoms with Crippen LogP contribution in [0.3, 0.4) is 0 Å². The summed E-state index contributed by atoms with van der Waals surface area (Å²) in [5.74, 6) is 0.411. The Bertz CT molecular complexity index is 2280. The molecule has 0 spiro atoms. The number of aryl methyl sites for hydroxylation is 2. The third kappa shape index (κ3) is 9.58. The van der Waals surface area contributed by atoms with Gasteiger partial charge in [0.25, 0.3) is 17.7 Å². The third-order valence-corrected chi connectivity index (χ3v) is 12.4. The lowest BCUT2D eigenvalue weighted by atomic mass is 10.1. The van der Waals surface area contributed by atoms with Crippen LogP contribution in [0.15, 0.2) is 95.9 Å². The average molecular weight is 806 g/mol. The van der Waals surface area contributed by atoms with Crippen molar-refractivity contribution >= 4 is 45.2 Å². The summed E-state index contributed by atoms with van der Waals surface area (Å²) in [6, 6.07) is 27.2. The number of nitrogens with two attached hydrogens (primary N) is 1. The largest absolute Gasteiger partial charge is 0.368 e. The van der Waals surface area contributed by atoms with Crippen LogP contribution in [-0.2, 0) is 16.6 Å². The first-order valence-electron chi connectivity index (χ1n) is 19.9. The van der Waals surface area contributed by atoms with Crippen molar-refractivity contribution in [1.29, 1.82) is 0 Å². The summed E-state index contributed by atoms with van der Waals surface area (Å²) in [5.41, 5.74) is 6.83. The van der Waals surface area contributed by atoms with Gasteiger partial charge in [-0.2, -0.15) is 0 Å². The number of urea groups is 1. The molecule has 4 aliphatic rings. The van der Waals surface area contributed by atoms with E-state index in [-0.39, 0.29) is 28.6 Å². The van der Waals surface area contributed by atoms with Gasteiger partial charge in [-0.1, -0.05) is 55.3 Å². The second-order valence-corrected chi connectivity index (χ2v) is 17.1. The number of sulfonamides is 1. The zero-order valence-electron chi connectivity index (χ0n) is 33.1. The third-order valence-electron chi connectivity index (χ3n) is 11.5. The first kappa shape index (κ1) is 40.6. The van der Waals surface area contributed by atoms with Gasteiger partial charge >= 0.3 is 6.03 Å². The number of fused-ring (bicyclic) bond motifs is 1. The number of carbonyl (C=O) groups excluding carboxylic acids is 4. The van der Waals surface area contributed by atoms with Gasteiger partial charge in [0.15, 0.2) is 0 Å². The molecule has 8 rings (SSSR count). The first-order valence-corrected chi connectivity index (χ1v) is 21.5. The van der Waals surface area contributed by atoms with E-state index >= 15 is 0 Å². The second-order valence-electron chi connectivity index (χ2n) is 15.5. The minimum atomic E-state index is -3.73. The highest BCUT2D eigenvalue weighted by Crippen LogP contribution is 2.34. The molecular formula is C44H51N7O6S. The molecule has 0 bridgehead atoms. The lowest BCUT2D eigenvalue weighted by molar-refractivity contribution is 0.0649.